The summed E-state index contributed by atoms with van der Waals surface area (Å²) in [5.74, 6) is -1.21. The molecule has 0 unspecified atom stereocenters. The van der Waals surface area contributed by atoms with E-state index in [0.29, 0.717) is 4.73 Å². The maximum Gasteiger partial charge on any atom is 0.308 e. The van der Waals surface area contributed by atoms with Gasteiger partial charge in [-0.3, -0.25) is 14.9 Å². The summed E-state index contributed by atoms with van der Waals surface area (Å²) in [5, 5.41) is 30.8. The van der Waals surface area contributed by atoms with Gasteiger partial charge in [-0.25, -0.2) is 0 Å². The summed E-state index contributed by atoms with van der Waals surface area (Å²) in [7, 11) is 0. The molecule has 0 aliphatic carbocycles. The monoisotopic (exact) mass is 226 g/mol. The van der Waals surface area contributed by atoms with Crippen LogP contribution in [0.3, 0.4) is 0 Å². The predicted octanol–water partition coefficient (Wildman–Crippen LogP) is 0.472. The maximum absolute atomic E-state index is 11.4. The van der Waals surface area contributed by atoms with Gasteiger partial charge in [-0.2, -0.15) is 4.73 Å². The van der Waals surface area contributed by atoms with E-state index in [0.717, 1.165) is 6.07 Å². The number of hydrogen-bond acceptors (Lipinski definition) is 4. The molecule has 0 aromatic carbocycles. The minimum Gasteiger partial charge on any atom is -0.618 e. The van der Waals surface area contributed by atoms with Crippen molar-refractivity contribution < 1.29 is 19.6 Å². The Labute approximate surface area is 90.7 Å². The van der Waals surface area contributed by atoms with E-state index in [1.54, 1.807) is 0 Å². The van der Waals surface area contributed by atoms with Crippen LogP contribution < -0.4 is 4.73 Å². The van der Waals surface area contributed by atoms with Crippen LogP contribution in [0.25, 0.3) is 0 Å². The van der Waals surface area contributed by atoms with Gasteiger partial charge in [0.1, 0.15) is 5.56 Å². The molecule has 0 aliphatic heterocycles. The number of carboxylic acids is 1. The number of nitrogens with zero attached hydrogens (tertiary/aromatic N) is 2. The van der Waals surface area contributed by atoms with Gasteiger partial charge in [-0.15, -0.1) is 0 Å². The lowest BCUT2D eigenvalue weighted by Gasteiger charge is -2.08. The number of pyridine rings is 1. The molecular weight excluding hydrogens is 216 g/mol. The smallest absolute Gasteiger partial charge is 0.308 e. The average Bonchev–Trinajstić information content (AvgIpc) is 2.17. The van der Waals surface area contributed by atoms with E-state index < -0.39 is 17.3 Å². The molecule has 7 nitrogen and oxygen atoms in total. The highest BCUT2D eigenvalue weighted by Crippen LogP contribution is 2.21. The lowest BCUT2D eigenvalue weighted by molar-refractivity contribution is -0.620. The fraction of sp³-hybridized carbons (Fsp3) is 0.333. The molecule has 1 rings (SSSR count). The summed E-state index contributed by atoms with van der Waals surface area (Å²) in [6, 6.07) is 1.08. The summed E-state index contributed by atoms with van der Waals surface area (Å²) in [4.78, 5) is 20.6. The van der Waals surface area contributed by atoms with Crippen molar-refractivity contribution in [2.45, 2.75) is 20.3 Å². The molecule has 0 amide bonds. The van der Waals surface area contributed by atoms with Crippen LogP contribution in [0.4, 0.5) is 5.69 Å². The molecule has 1 heterocycles. The first-order valence-electron chi connectivity index (χ1n) is 4.43. The van der Waals surface area contributed by atoms with Crippen LogP contribution in [0.15, 0.2) is 6.07 Å². The number of carbonyl (C=O) groups is 1. The van der Waals surface area contributed by atoms with Crippen molar-refractivity contribution in [2.75, 3.05) is 0 Å². The number of carboxylic acid groups (broad SMARTS) is 1. The summed E-state index contributed by atoms with van der Waals surface area (Å²) >= 11 is 0. The van der Waals surface area contributed by atoms with Crippen molar-refractivity contribution >= 4 is 11.7 Å². The Morgan fingerprint density at radius 3 is 2.56 bits per heavy atom. The lowest BCUT2D eigenvalue weighted by atomic mass is 10.1. The largest absolute Gasteiger partial charge is 0.618 e. The van der Waals surface area contributed by atoms with E-state index >= 15 is 0 Å². The van der Waals surface area contributed by atoms with Gasteiger partial charge < -0.3 is 10.3 Å². The predicted molar refractivity (Wildman–Crippen MR) is 52.9 cm³/mol. The fourth-order valence-electron chi connectivity index (χ4n) is 1.45. The first-order chi connectivity index (χ1) is 7.34. The topological polar surface area (TPSA) is 107 Å². The first kappa shape index (κ1) is 11.9. The van der Waals surface area contributed by atoms with Crippen molar-refractivity contribution in [3.8, 4) is 0 Å². The Hall–Kier alpha value is -2.18. The normalized spacial score (nSPS) is 10.1. The summed E-state index contributed by atoms with van der Waals surface area (Å²) in [6.07, 6.45) is -0.537. The van der Waals surface area contributed by atoms with Crippen LogP contribution in [-0.4, -0.2) is 16.0 Å². The molecule has 0 aliphatic rings. The summed E-state index contributed by atoms with van der Waals surface area (Å²) < 4.78 is 0.491. The van der Waals surface area contributed by atoms with Gasteiger partial charge >= 0.3 is 5.97 Å². The second kappa shape index (κ2) is 4.13. The van der Waals surface area contributed by atoms with Crippen molar-refractivity contribution in [3.63, 3.8) is 0 Å². The average molecular weight is 226 g/mol. The molecule has 1 aromatic heterocycles. The minimum atomic E-state index is -1.21. The van der Waals surface area contributed by atoms with Crippen LogP contribution >= 0.6 is 0 Å². The van der Waals surface area contributed by atoms with Crippen LogP contribution in [0.1, 0.15) is 17.0 Å². The van der Waals surface area contributed by atoms with E-state index in [-0.39, 0.29) is 22.6 Å². The van der Waals surface area contributed by atoms with E-state index in [2.05, 4.69) is 0 Å². The SMILES string of the molecule is Cc1cc([N+](=O)[O-])c(CC(=O)O)c(C)[n+]1[O-]. The lowest BCUT2D eigenvalue weighted by Crippen LogP contribution is -2.35. The number of aryl methyl sites for hydroxylation is 1. The molecule has 1 aromatic rings. The van der Waals surface area contributed by atoms with Crippen LogP contribution in [0.2, 0.25) is 0 Å². The van der Waals surface area contributed by atoms with E-state index in [1.807, 2.05) is 0 Å². The van der Waals surface area contributed by atoms with Crippen molar-refractivity contribution in [1.82, 2.24) is 0 Å². The van der Waals surface area contributed by atoms with Crippen LogP contribution in [0, 0.1) is 29.2 Å². The van der Waals surface area contributed by atoms with Gasteiger partial charge in [0, 0.05) is 13.8 Å². The highest BCUT2D eigenvalue weighted by molar-refractivity contribution is 5.72. The zero-order chi connectivity index (χ0) is 12.5. The third-order valence-electron chi connectivity index (χ3n) is 2.24. The van der Waals surface area contributed by atoms with Crippen molar-refractivity contribution in [3.05, 3.63) is 38.3 Å². The molecule has 1 N–H and O–H groups in total. The van der Waals surface area contributed by atoms with Crippen molar-refractivity contribution in [1.29, 1.82) is 0 Å². The van der Waals surface area contributed by atoms with Gasteiger partial charge in [0.2, 0.25) is 5.69 Å². The first-order valence-corrected chi connectivity index (χ1v) is 4.43. The minimum absolute atomic E-state index is 0.0501. The standard InChI is InChI=1S/C9H10N2O5/c1-5-3-8(11(15)16)7(4-9(12)13)6(2)10(5)14/h3H,4H2,1-2H3,(H,12,13). The molecule has 86 valence electrons. The Morgan fingerprint density at radius 1 is 1.56 bits per heavy atom. The molecular formula is C9H10N2O5. The summed E-state index contributed by atoms with van der Waals surface area (Å²) in [5.41, 5.74) is -0.171. The molecule has 0 saturated heterocycles. The van der Waals surface area contributed by atoms with E-state index in [9.17, 15) is 20.1 Å². The van der Waals surface area contributed by atoms with Gasteiger partial charge in [0.25, 0.3) is 5.69 Å². The number of aliphatic carboxylic acids is 1. The molecule has 7 heteroatoms. The fourth-order valence-corrected chi connectivity index (χ4v) is 1.45. The van der Waals surface area contributed by atoms with Crippen LogP contribution in [-0.2, 0) is 11.2 Å². The van der Waals surface area contributed by atoms with Crippen molar-refractivity contribution in [2.24, 2.45) is 0 Å². The molecule has 0 atom stereocenters. The second-order valence-electron chi connectivity index (χ2n) is 3.36. The zero-order valence-corrected chi connectivity index (χ0v) is 8.76. The van der Waals surface area contributed by atoms with Gasteiger partial charge in [-0.1, -0.05) is 0 Å². The molecule has 0 radical (unpaired) electrons. The molecule has 16 heavy (non-hydrogen) atoms. The van der Waals surface area contributed by atoms with Gasteiger partial charge in [0.05, 0.1) is 17.4 Å². The Morgan fingerprint density at radius 2 is 2.12 bits per heavy atom. The highest BCUT2D eigenvalue weighted by atomic mass is 16.6. The van der Waals surface area contributed by atoms with E-state index in [4.69, 9.17) is 5.11 Å². The highest BCUT2D eigenvalue weighted by Gasteiger charge is 2.25. The molecule has 0 spiro atoms. The molecule has 0 fully saturated rings. The Kier molecular flexibility index (Phi) is 3.07. The second-order valence-corrected chi connectivity index (χ2v) is 3.36. The molecule has 0 bridgehead atoms. The van der Waals surface area contributed by atoms with Crippen LogP contribution in [0.5, 0.6) is 0 Å². The summed E-state index contributed by atoms with van der Waals surface area (Å²) in [6.45, 7) is 2.79. The third kappa shape index (κ3) is 2.08. The molecule has 0 saturated carbocycles. The Bertz CT molecular complexity index is 469. The van der Waals surface area contributed by atoms with E-state index in [1.165, 1.54) is 13.8 Å². The number of hydrogen-bond donors (Lipinski definition) is 1. The van der Waals surface area contributed by atoms with Gasteiger partial charge in [0.15, 0.2) is 5.69 Å². The Balaban J connectivity index is 3.47. The maximum atomic E-state index is 11.4. The van der Waals surface area contributed by atoms with Gasteiger partial charge in [-0.05, 0) is 0 Å². The third-order valence-corrected chi connectivity index (χ3v) is 2.24. The number of aromatic nitrogens is 1. The zero-order valence-electron chi connectivity index (χ0n) is 8.76. The number of nitro groups is 1. The number of rotatable bonds is 3. The quantitative estimate of drug-likeness (QED) is 0.349.